The number of amides is 1. The molecule has 0 saturated heterocycles. The zero-order valence-electron chi connectivity index (χ0n) is 7.87. The molecule has 1 unspecified atom stereocenters. The van der Waals surface area contributed by atoms with Crippen LogP contribution in [0.5, 0.6) is 0 Å². The molecule has 1 aromatic rings. The van der Waals surface area contributed by atoms with Crippen molar-refractivity contribution in [2.24, 2.45) is 5.73 Å². The molecule has 0 fully saturated rings. The number of halogens is 1. The van der Waals surface area contributed by atoms with Crippen molar-refractivity contribution in [3.05, 3.63) is 29.6 Å². The van der Waals surface area contributed by atoms with Crippen molar-refractivity contribution in [2.45, 2.75) is 18.5 Å². The van der Waals surface area contributed by atoms with E-state index >= 15 is 0 Å². The molecular formula is C10H9FN2O2. The first-order valence-corrected chi connectivity index (χ1v) is 4.53. The Morgan fingerprint density at radius 3 is 3.00 bits per heavy atom. The molecule has 0 spiro atoms. The largest absolute Gasteiger partial charge is 0.367 e. The molecule has 5 heteroatoms. The van der Waals surface area contributed by atoms with Crippen LogP contribution in [0.1, 0.15) is 28.9 Å². The Balaban J connectivity index is 2.63. The minimum absolute atomic E-state index is 0.00579. The predicted molar refractivity (Wildman–Crippen MR) is 49.8 cm³/mol. The molecule has 0 bridgehead atoms. The highest BCUT2D eigenvalue weighted by molar-refractivity contribution is 6.00. The van der Waals surface area contributed by atoms with Crippen LogP contribution in [-0.2, 0) is 10.5 Å². The minimum atomic E-state index is -2.25. The SMILES string of the molecule is NC(=O)C1(F)CCC(=O)c2ncccc21. The van der Waals surface area contributed by atoms with Crippen molar-refractivity contribution in [3.8, 4) is 0 Å². The maximum Gasteiger partial charge on any atom is 0.259 e. The van der Waals surface area contributed by atoms with Crippen LogP contribution in [-0.4, -0.2) is 16.7 Å². The first kappa shape index (κ1) is 9.76. The van der Waals surface area contributed by atoms with Crippen molar-refractivity contribution in [2.75, 3.05) is 0 Å². The third-order valence-corrected chi connectivity index (χ3v) is 2.59. The van der Waals surface area contributed by atoms with E-state index in [0.29, 0.717) is 0 Å². The number of Topliss-reactive ketones (excluding diaryl/α,β-unsaturated/α-hetero) is 1. The topological polar surface area (TPSA) is 73.1 Å². The van der Waals surface area contributed by atoms with Gasteiger partial charge in [0.25, 0.3) is 5.91 Å². The fourth-order valence-corrected chi connectivity index (χ4v) is 1.74. The van der Waals surface area contributed by atoms with Gasteiger partial charge in [-0.15, -0.1) is 0 Å². The summed E-state index contributed by atoms with van der Waals surface area (Å²) in [5.41, 5.74) is 2.77. The second kappa shape index (κ2) is 3.12. The lowest BCUT2D eigenvalue weighted by atomic mass is 9.82. The lowest BCUT2D eigenvalue weighted by Crippen LogP contribution is -2.41. The second-order valence-electron chi connectivity index (χ2n) is 3.49. The molecule has 1 aliphatic rings. The van der Waals surface area contributed by atoms with Crippen molar-refractivity contribution >= 4 is 11.7 Å². The van der Waals surface area contributed by atoms with Gasteiger partial charge in [-0.2, -0.15) is 0 Å². The molecule has 1 heterocycles. The van der Waals surface area contributed by atoms with Gasteiger partial charge in [0.05, 0.1) is 0 Å². The van der Waals surface area contributed by atoms with Gasteiger partial charge < -0.3 is 5.73 Å². The normalized spacial score (nSPS) is 24.7. The molecule has 15 heavy (non-hydrogen) atoms. The number of carbonyl (C=O) groups is 2. The minimum Gasteiger partial charge on any atom is -0.367 e. The Morgan fingerprint density at radius 2 is 2.33 bits per heavy atom. The van der Waals surface area contributed by atoms with E-state index in [0.717, 1.165) is 0 Å². The van der Waals surface area contributed by atoms with E-state index in [1.165, 1.54) is 18.3 Å². The smallest absolute Gasteiger partial charge is 0.259 e. The Bertz CT molecular complexity index is 447. The first-order valence-electron chi connectivity index (χ1n) is 4.53. The lowest BCUT2D eigenvalue weighted by Gasteiger charge is -2.27. The number of carbonyl (C=O) groups excluding carboxylic acids is 2. The Labute approximate surface area is 85.3 Å². The average molecular weight is 208 g/mol. The van der Waals surface area contributed by atoms with E-state index in [9.17, 15) is 14.0 Å². The summed E-state index contributed by atoms with van der Waals surface area (Å²) in [4.78, 5) is 26.2. The Morgan fingerprint density at radius 1 is 1.60 bits per heavy atom. The van der Waals surface area contributed by atoms with Crippen molar-refractivity contribution < 1.29 is 14.0 Å². The Hall–Kier alpha value is -1.78. The van der Waals surface area contributed by atoms with Gasteiger partial charge in [-0.1, -0.05) is 6.07 Å². The fraction of sp³-hybridized carbons (Fsp3) is 0.300. The molecule has 1 aromatic heterocycles. The number of hydrogen-bond acceptors (Lipinski definition) is 3. The third-order valence-electron chi connectivity index (χ3n) is 2.59. The summed E-state index contributed by atoms with van der Waals surface area (Å²) in [5, 5.41) is 0. The Kier molecular flexibility index (Phi) is 2.03. The summed E-state index contributed by atoms with van der Waals surface area (Å²) in [6, 6.07) is 2.86. The summed E-state index contributed by atoms with van der Waals surface area (Å²) >= 11 is 0. The number of alkyl halides is 1. The zero-order chi connectivity index (χ0) is 11.1. The van der Waals surface area contributed by atoms with Crippen molar-refractivity contribution in [3.63, 3.8) is 0 Å². The van der Waals surface area contributed by atoms with E-state index in [-0.39, 0.29) is 29.9 Å². The standard InChI is InChI=1S/C10H9FN2O2/c11-10(9(12)15)4-3-7(14)8-6(10)2-1-5-13-8/h1-2,5H,3-4H2,(H2,12,15). The molecule has 2 N–H and O–H groups in total. The number of hydrogen-bond donors (Lipinski definition) is 1. The van der Waals surface area contributed by atoms with Crippen molar-refractivity contribution in [1.82, 2.24) is 4.98 Å². The van der Waals surface area contributed by atoms with Crippen LogP contribution in [0.4, 0.5) is 4.39 Å². The lowest BCUT2D eigenvalue weighted by molar-refractivity contribution is -0.130. The van der Waals surface area contributed by atoms with Crippen LogP contribution in [0.25, 0.3) is 0 Å². The molecule has 0 aliphatic heterocycles. The van der Waals surface area contributed by atoms with Gasteiger partial charge in [0, 0.05) is 24.6 Å². The molecule has 78 valence electrons. The quantitative estimate of drug-likeness (QED) is 0.738. The molecular weight excluding hydrogens is 199 g/mol. The summed E-state index contributed by atoms with van der Waals surface area (Å²) < 4.78 is 14.2. The number of ketones is 1. The highest BCUT2D eigenvalue weighted by Crippen LogP contribution is 2.37. The van der Waals surface area contributed by atoms with Gasteiger partial charge in [-0.3, -0.25) is 14.6 Å². The van der Waals surface area contributed by atoms with Gasteiger partial charge >= 0.3 is 0 Å². The maximum absolute atomic E-state index is 14.2. The second-order valence-corrected chi connectivity index (χ2v) is 3.49. The monoisotopic (exact) mass is 208 g/mol. The average Bonchev–Trinajstić information content (AvgIpc) is 2.24. The van der Waals surface area contributed by atoms with Gasteiger partial charge in [0.1, 0.15) is 5.69 Å². The highest BCUT2D eigenvalue weighted by Gasteiger charge is 2.45. The van der Waals surface area contributed by atoms with E-state index < -0.39 is 11.6 Å². The number of rotatable bonds is 1. The van der Waals surface area contributed by atoms with Crippen molar-refractivity contribution in [1.29, 1.82) is 0 Å². The number of primary amides is 1. The van der Waals surface area contributed by atoms with Gasteiger partial charge in [-0.25, -0.2) is 4.39 Å². The van der Waals surface area contributed by atoms with Crippen LogP contribution >= 0.6 is 0 Å². The van der Waals surface area contributed by atoms with Crippen LogP contribution in [0.2, 0.25) is 0 Å². The molecule has 2 rings (SSSR count). The summed E-state index contributed by atoms with van der Waals surface area (Å²) in [5.74, 6) is -1.32. The fourth-order valence-electron chi connectivity index (χ4n) is 1.74. The third kappa shape index (κ3) is 1.31. The summed E-state index contributed by atoms with van der Waals surface area (Å²) in [6.45, 7) is 0. The highest BCUT2D eigenvalue weighted by atomic mass is 19.1. The van der Waals surface area contributed by atoms with Crippen LogP contribution < -0.4 is 5.73 Å². The summed E-state index contributed by atoms with van der Waals surface area (Å²) in [7, 11) is 0. The number of fused-ring (bicyclic) bond motifs is 1. The molecule has 0 radical (unpaired) electrons. The number of nitrogens with zero attached hydrogens (tertiary/aromatic N) is 1. The molecule has 4 nitrogen and oxygen atoms in total. The van der Waals surface area contributed by atoms with Crippen LogP contribution in [0.15, 0.2) is 18.3 Å². The van der Waals surface area contributed by atoms with E-state index in [2.05, 4.69) is 4.98 Å². The predicted octanol–water partition coefficient (Wildman–Crippen LogP) is 0.708. The van der Waals surface area contributed by atoms with Gasteiger partial charge in [-0.05, 0) is 6.07 Å². The van der Waals surface area contributed by atoms with Crippen LogP contribution in [0.3, 0.4) is 0 Å². The number of aromatic nitrogens is 1. The molecule has 0 aromatic carbocycles. The van der Waals surface area contributed by atoms with Gasteiger partial charge in [0.15, 0.2) is 5.78 Å². The molecule has 1 aliphatic carbocycles. The first-order chi connectivity index (χ1) is 7.05. The van der Waals surface area contributed by atoms with E-state index in [1.807, 2.05) is 0 Å². The zero-order valence-corrected chi connectivity index (χ0v) is 7.87. The molecule has 0 saturated carbocycles. The summed E-state index contributed by atoms with van der Waals surface area (Å²) in [6.07, 6.45) is 1.16. The number of nitrogens with two attached hydrogens (primary N) is 1. The van der Waals surface area contributed by atoms with E-state index in [4.69, 9.17) is 5.73 Å². The van der Waals surface area contributed by atoms with Crippen LogP contribution in [0, 0.1) is 0 Å². The number of pyridine rings is 1. The molecule has 1 atom stereocenters. The van der Waals surface area contributed by atoms with E-state index in [1.54, 1.807) is 0 Å². The molecule has 1 amide bonds. The maximum atomic E-state index is 14.2. The van der Waals surface area contributed by atoms with Gasteiger partial charge in [0.2, 0.25) is 5.67 Å².